The zero-order valence-corrected chi connectivity index (χ0v) is 17.9. The number of nitrogens with one attached hydrogen (secondary N) is 1. The summed E-state index contributed by atoms with van der Waals surface area (Å²) in [4.78, 5) is 14.4. The zero-order chi connectivity index (χ0) is 21.1. The molecule has 156 valence electrons. The number of hydrogen-bond donors (Lipinski definition) is 2. The molecule has 2 aromatic rings. The maximum Gasteiger partial charge on any atom is 0.407 e. The van der Waals surface area contributed by atoms with E-state index in [1.54, 1.807) is 6.07 Å². The average molecular weight is 418 g/mol. The number of amides is 1. The molecule has 0 atom stereocenters. The Morgan fingerprint density at radius 3 is 2.52 bits per heavy atom. The van der Waals surface area contributed by atoms with Crippen LogP contribution >= 0.6 is 11.6 Å². The molecule has 2 heterocycles. The van der Waals surface area contributed by atoms with Crippen LogP contribution in [0.2, 0.25) is 5.15 Å². The molecule has 1 amide bonds. The predicted octanol–water partition coefficient (Wildman–Crippen LogP) is 3.78. The molecule has 1 aromatic heterocycles. The number of nitrogens with zero attached hydrogens (tertiary/aromatic N) is 3. The van der Waals surface area contributed by atoms with Gasteiger partial charge in [0, 0.05) is 31.1 Å². The number of halogens is 1. The number of nitrogens with two attached hydrogens (primary N) is 1. The van der Waals surface area contributed by atoms with Gasteiger partial charge in [0.1, 0.15) is 5.60 Å². The van der Waals surface area contributed by atoms with Crippen LogP contribution in [-0.2, 0) is 10.2 Å². The second-order valence-corrected chi connectivity index (χ2v) is 8.81. The molecule has 0 unspecified atom stereocenters. The summed E-state index contributed by atoms with van der Waals surface area (Å²) in [6.07, 6.45) is 1.28. The highest BCUT2D eigenvalue weighted by molar-refractivity contribution is 6.29. The van der Waals surface area contributed by atoms with E-state index in [1.165, 1.54) is 5.56 Å². The van der Waals surface area contributed by atoms with Gasteiger partial charge < -0.3 is 20.7 Å². The van der Waals surface area contributed by atoms with Gasteiger partial charge in [-0.3, -0.25) is 0 Å². The maximum atomic E-state index is 12.3. The molecule has 1 aliphatic heterocycles. The highest BCUT2D eigenvalue weighted by Crippen LogP contribution is 2.37. The van der Waals surface area contributed by atoms with E-state index in [4.69, 9.17) is 22.1 Å². The van der Waals surface area contributed by atoms with Gasteiger partial charge in [0.2, 0.25) is 0 Å². The van der Waals surface area contributed by atoms with E-state index in [2.05, 4.69) is 32.5 Å². The molecule has 0 saturated carbocycles. The van der Waals surface area contributed by atoms with Gasteiger partial charge in [-0.15, -0.1) is 10.2 Å². The first-order valence-electron chi connectivity index (χ1n) is 9.75. The molecule has 7 nitrogen and oxygen atoms in total. The molecular weight excluding hydrogens is 390 g/mol. The van der Waals surface area contributed by atoms with Crippen molar-refractivity contribution in [1.82, 2.24) is 15.5 Å². The van der Waals surface area contributed by atoms with E-state index in [0.717, 1.165) is 31.6 Å². The fourth-order valence-corrected chi connectivity index (χ4v) is 3.85. The van der Waals surface area contributed by atoms with Gasteiger partial charge in [-0.2, -0.15) is 0 Å². The third kappa shape index (κ3) is 5.29. The van der Waals surface area contributed by atoms with Crippen LogP contribution in [-0.4, -0.2) is 41.5 Å². The van der Waals surface area contributed by atoms with Gasteiger partial charge in [0.15, 0.2) is 11.0 Å². The van der Waals surface area contributed by atoms with Crippen molar-refractivity contribution in [2.24, 2.45) is 0 Å². The molecular formula is C21H28ClN5O2. The molecule has 1 aromatic carbocycles. The minimum Gasteiger partial charge on any atom is -0.444 e. The molecule has 3 N–H and O–H groups in total. The van der Waals surface area contributed by atoms with Gasteiger partial charge >= 0.3 is 6.09 Å². The normalized spacial score (nSPS) is 16.3. The predicted molar refractivity (Wildman–Crippen MR) is 115 cm³/mol. The molecule has 0 radical (unpaired) electrons. The minimum absolute atomic E-state index is 0.187. The average Bonchev–Trinajstić information content (AvgIpc) is 2.68. The Kier molecular flexibility index (Phi) is 6.17. The summed E-state index contributed by atoms with van der Waals surface area (Å²) >= 11 is 6.01. The second kappa shape index (κ2) is 8.45. The van der Waals surface area contributed by atoms with Gasteiger partial charge in [-0.1, -0.05) is 41.9 Å². The van der Waals surface area contributed by atoms with Crippen molar-refractivity contribution in [3.8, 4) is 0 Å². The SMILES string of the molecule is CC(C)(C)OC(=O)NCC1(c2ccccc2)CCN(c2cc(Cl)nnc2N)CC1. The lowest BCUT2D eigenvalue weighted by atomic mass is 9.72. The summed E-state index contributed by atoms with van der Waals surface area (Å²) in [5, 5.41) is 11.0. The number of benzene rings is 1. The highest BCUT2D eigenvalue weighted by Gasteiger charge is 2.37. The van der Waals surface area contributed by atoms with Crippen molar-refractivity contribution in [3.63, 3.8) is 0 Å². The number of nitrogen functional groups attached to an aromatic ring is 1. The van der Waals surface area contributed by atoms with Crippen LogP contribution in [0.5, 0.6) is 0 Å². The van der Waals surface area contributed by atoms with E-state index >= 15 is 0 Å². The van der Waals surface area contributed by atoms with Crippen molar-refractivity contribution < 1.29 is 9.53 Å². The van der Waals surface area contributed by atoms with Crippen LogP contribution in [0.1, 0.15) is 39.2 Å². The number of aromatic nitrogens is 2. The summed E-state index contributed by atoms with van der Waals surface area (Å²) in [6.45, 7) is 7.60. The van der Waals surface area contributed by atoms with Gasteiger partial charge in [-0.05, 0) is 39.2 Å². The first kappa shape index (κ1) is 21.2. The molecule has 1 fully saturated rings. The monoisotopic (exact) mass is 417 g/mol. The van der Waals surface area contributed by atoms with Crippen LogP contribution in [0, 0.1) is 0 Å². The summed E-state index contributed by atoms with van der Waals surface area (Å²) in [5.74, 6) is 0.369. The largest absolute Gasteiger partial charge is 0.444 e. The van der Waals surface area contributed by atoms with Crippen LogP contribution in [0.3, 0.4) is 0 Å². The lowest BCUT2D eigenvalue weighted by Gasteiger charge is -2.43. The van der Waals surface area contributed by atoms with Gasteiger partial charge in [0.05, 0.1) is 5.69 Å². The standard InChI is InChI=1S/C21H28ClN5O2/c1-20(2,3)29-19(28)24-14-21(15-7-5-4-6-8-15)9-11-27(12-10-21)16-13-17(22)25-26-18(16)23/h4-8,13H,9-12,14H2,1-3H3,(H2,23,26)(H,24,28). The van der Waals surface area contributed by atoms with Gasteiger partial charge in [0.25, 0.3) is 0 Å². The van der Waals surface area contributed by atoms with E-state index in [-0.39, 0.29) is 5.41 Å². The van der Waals surface area contributed by atoms with Crippen LogP contribution < -0.4 is 16.0 Å². The molecule has 0 aliphatic carbocycles. The smallest absolute Gasteiger partial charge is 0.407 e. The number of rotatable bonds is 4. The van der Waals surface area contributed by atoms with Crippen LogP contribution in [0.4, 0.5) is 16.3 Å². The molecule has 1 aliphatic rings. The zero-order valence-electron chi connectivity index (χ0n) is 17.1. The Hall–Kier alpha value is -2.54. The third-order valence-corrected chi connectivity index (χ3v) is 5.37. The maximum absolute atomic E-state index is 12.3. The number of anilines is 2. The first-order valence-corrected chi connectivity index (χ1v) is 10.1. The Balaban J connectivity index is 1.76. The van der Waals surface area contributed by atoms with Crippen molar-refractivity contribution in [3.05, 3.63) is 47.1 Å². The van der Waals surface area contributed by atoms with Crippen molar-refractivity contribution >= 4 is 29.2 Å². The van der Waals surface area contributed by atoms with E-state index in [0.29, 0.717) is 17.5 Å². The summed E-state index contributed by atoms with van der Waals surface area (Å²) in [5.41, 5.74) is 7.29. The number of alkyl carbamates (subject to hydrolysis) is 1. The topological polar surface area (TPSA) is 93.4 Å². The quantitative estimate of drug-likeness (QED) is 0.786. The number of carbonyl (C=O) groups is 1. The van der Waals surface area contributed by atoms with Crippen molar-refractivity contribution in [2.45, 2.75) is 44.6 Å². The van der Waals surface area contributed by atoms with Crippen molar-refractivity contribution in [1.29, 1.82) is 0 Å². The summed E-state index contributed by atoms with van der Waals surface area (Å²) in [7, 11) is 0. The number of ether oxygens (including phenoxy) is 1. The molecule has 29 heavy (non-hydrogen) atoms. The van der Waals surface area contributed by atoms with Gasteiger partial charge in [-0.25, -0.2) is 4.79 Å². The molecule has 0 spiro atoms. The van der Waals surface area contributed by atoms with E-state index in [1.807, 2.05) is 39.0 Å². The van der Waals surface area contributed by atoms with E-state index in [9.17, 15) is 4.79 Å². The first-order chi connectivity index (χ1) is 13.7. The second-order valence-electron chi connectivity index (χ2n) is 8.43. The number of piperidine rings is 1. The number of hydrogen-bond acceptors (Lipinski definition) is 6. The summed E-state index contributed by atoms with van der Waals surface area (Å²) < 4.78 is 5.42. The van der Waals surface area contributed by atoms with Crippen LogP contribution in [0.15, 0.2) is 36.4 Å². The van der Waals surface area contributed by atoms with Crippen molar-refractivity contribution in [2.75, 3.05) is 30.3 Å². The number of carbonyl (C=O) groups excluding carboxylic acids is 1. The Morgan fingerprint density at radius 2 is 1.90 bits per heavy atom. The van der Waals surface area contributed by atoms with E-state index < -0.39 is 11.7 Å². The Labute approximate surface area is 176 Å². The fraction of sp³-hybridized carbons (Fsp3) is 0.476. The molecule has 3 rings (SSSR count). The Bertz CT molecular complexity index is 846. The minimum atomic E-state index is -0.529. The lowest BCUT2D eigenvalue weighted by molar-refractivity contribution is 0.0510. The summed E-state index contributed by atoms with van der Waals surface area (Å²) in [6, 6.07) is 12.0. The highest BCUT2D eigenvalue weighted by atomic mass is 35.5. The molecule has 8 heteroatoms. The molecule has 1 saturated heterocycles. The fourth-order valence-electron chi connectivity index (χ4n) is 3.71. The molecule has 0 bridgehead atoms. The lowest BCUT2D eigenvalue weighted by Crippen LogP contribution is -2.49. The Morgan fingerprint density at radius 1 is 1.24 bits per heavy atom. The van der Waals surface area contributed by atoms with Crippen LogP contribution in [0.25, 0.3) is 0 Å². The third-order valence-electron chi connectivity index (χ3n) is 5.19.